The molecule has 0 spiro atoms. The molecule has 0 aromatic rings. The molecule has 4 atom stereocenters. The Hall–Kier alpha value is -0.0800. The first kappa shape index (κ1) is 13.9. The molecular weight excluding hydrogens is 232 g/mol. The zero-order chi connectivity index (χ0) is 13.4. The van der Waals surface area contributed by atoms with E-state index in [-0.39, 0.29) is 0 Å². The molecule has 3 aliphatic rings. The van der Waals surface area contributed by atoms with Gasteiger partial charge < -0.3 is 5.32 Å². The second-order valence-corrected chi connectivity index (χ2v) is 7.55. The number of hydrogen-bond donors (Lipinski definition) is 1. The minimum atomic E-state index is 0.787. The minimum Gasteiger partial charge on any atom is -0.317 e. The third-order valence-corrected chi connectivity index (χ3v) is 6.22. The zero-order valence-electron chi connectivity index (χ0n) is 13.1. The highest BCUT2D eigenvalue weighted by Crippen LogP contribution is 2.43. The molecule has 2 bridgehead atoms. The SMILES string of the molecule is CNC1CC2CCC(C1)N2C1CCCCC1C(C)C. The third kappa shape index (κ3) is 2.58. The Bertz CT molecular complexity index is 288. The lowest BCUT2D eigenvalue weighted by atomic mass is 9.75. The van der Waals surface area contributed by atoms with E-state index >= 15 is 0 Å². The number of fused-ring (bicyclic) bond motifs is 2. The van der Waals surface area contributed by atoms with Gasteiger partial charge in [0.05, 0.1) is 0 Å². The Morgan fingerprint density at radius 3 is 2.16 bits per heavy atom. The van der Waals surface area contributed by atoms with Crippen LogP contribution in [0.15, 0.2) is 0 Å². The summed E-state index contributed by atoms with van der Waals surface area (Å²) >= 11 is 0. The highest BCUT2D eigenvalue weighted by Gasteiger charge is 2.46. The first-order valence-electron chi connectivity index (χ1n) is 8.65. The fraction of sp³-hybridized carbons (Fsp3) is 1.00. The molecule has 4 unspecified atom stereocenters. The summed E-state index contributed by atoms with van der Waals surface area (Å²) in [4.78, 5) is 3.00. The zero-order valence-corrected chi connectivity index (χ0v) is 13.1. The van der Waals surface area contributed by atoms with Crippen LogP contribution in [0.2, 0.25) is 0 Å². The molecule has 110 valence electrons. The van der Waals surface area contributed by atoms with Crippen molar-refractivity contribution in [3.05, 3.63) is 0 Å². The Kier molecular flexibility index (Phi) is 4.19. The molecule has 0 aromatic carbocycles. The molecule has 3 rings (SSSR count). The van der Waals surface area contributed by atoms with Gasteiger partial charge in [-0.3, -0.25) is 4.90 Å². The van der Waals surface area contributed by atoms with Crippen LogP contribution in [-0.4, -0.2) is 36.1 Å². The van der Waals surface area contributed by atoms with Gasteiger partial charge in [-0.25, -0.2) is 0 Å². The quantitative estimate of drug-likeness (QED) is 0.840. The van der Waals surface area contributed by atoms with Crippen molar-refractivity contribution in [1.29, 1.82) is 0 Å². The van der Waals surface area contributed by atoms with Crippen LogP contribution in [-0.2, 0) is 0 Å². The number of hydrogen-bond acceptors (Lipinski definition) is 2. The number of piperidine rings is 1. The number of rotatable bonds is 3. The molecule has 1 aliphatic carbocycles. The van der Waals surface area contributed by atoms with Crippen molar-refractivity contribution < 1.29 is 0 Å². The van der Waals surface area contributed by atoms with E-state index in [2.05, 4.69) is 31.1 Å². The smallest absolute Gasteiger partial charge is 0.0132 e. The molecule has 1 saturated carbocycles. The van der Waals surface area contributed by atoms with E-state index in [0.717, 1.165) is 36.0 Å². The standard InChI is InChI=1S/C17H32N2/c1-12(2)16-6-4-5-7-17(16)19-14-8-9-15(19)11-13(10-14)18-3/h12-18H,4-11H2,1-3H3. The average molecular weight is 264 g/mol. The van der Waals surface area contributed by atoms with Crippen molar-refractivity contribution in [2.45, 2.75) is 89.4 Å². The van der Waals surface area contributed by atoms with Gasteiger partial charge in [0.1, 0.15) is 0 Å². The highest BCUT2D eigenvalue weighted by atomic mass is 15.3. The predicted octanol–water partition coefficient (Wildman–Crippen LogP) is 3.42. The Balaban J connectivity index is 1.74. The second-order valence-electron chi connectivity index (χ2n) is 7.55. The molecule has 3 fully saturated rings. The van der Waals surface area contributed by atoms with E-state index in [4.69, 9.17) is 0 Å². The van der Waals surface area contributed by atoms with Crippen molar-refractivity contribution in [1.82, 2.24) is 10.2 Å². The minimum absolute atomic E-state index is 0.787. The number of nitrogens with zero attached hydrogens (tertiary/aromatic N) is 1. The first-order valence-corrected chi connectivity index (χ1v) is 8.65. The molecule has 19 heavy (non-hydrogen) atoms. The molecule has 2 heterocycles. The molecule has 2 saturated heterocycles. The molecule has 0 aromatic heterocycles. The first-order chi connectivity index (χ1) is 9.20. The lowest BCUT2D eigenvalue weighted by molar-refractivity contribution is 0.00893. The predicted molar refractivity (Wildman–Crippen MR) is 81.3 cm³/mol. The van der Waals surface area contributed by atoms with E-state index in [1.54, 1.807) is 0 Å². The summed E-state index contributed by atoms with van der Waals surface area (Å²) < 4.78 is 0. The van der Waals surface area contributed by atoms with Gasteiger partial charge >= 0.3 is 0 Å². The molecule has 0 amide bonds. The molecular formula is C17H32N2. The van der Waals surface area contributed by atoms with Crippen LogP contribution in [0.1, 0.15) is 65.2 Å². The fourth-order valence-corrected chi connectivity index (χ4v) is 5.28. The maximum Gasteiger partial charge on any atom is 0.0132 e. The van der Waals surface area contributed by atoms with E-state index in [9.17, 15) is 0 Å². The monoisotopic (exact) mass is 264 g/mol. The average Bonchev–Trinajstić information content (AvgIpc) is 2.68. The molecule has 1 N–H and O–H groups in total. The second kappa shape index (κ2) is 5.73. The third-order valence-electron chi connectivity index (χ3n) is 6.22. The summed E-state index contributed by atoms with van der Waals surface area (Å²) in [5.74, 6) is 1.83. The van der Waals surface area contributed by atoms with Crippen LogP contribution in [0.3, 0.4) is 0 Å². The van der Waals surface area contributed by atoms with Gasteiger partial charge in [0.2, 0.25) is 0 Å². The molecule has 2 aliphatic heterocycles. The van der Waals surface area contributed by atoms with Crippen LogP contribution >= 0.6 is 0 Å². The summed E-state index contributed by atoms with van der Waals surface area (Å²) in [6.45, 7) is 4.90. The highest BCUT2D eigenvalue weighted by molar-refractivity contribution is 5.02. The topological polar surface area (TPSA) is 15.3 Å². The van der Waals surface area contributed by atoms with Gasteiger partial charge in [-0.15, -0.1) is 0 Å². The van der Waals surface area contributed by atoms with Crippen LogP contribution in [0.5, 0.6) is 0 Å². The van der Waals surface area contributed by atoms with Crippen LogP contribution < -0.4 is 5.32 Å². The number of nitrogens with one attached hydrogen (secondary N) is 1. The summed E-state index contributed by atoms with van der Waals surface area (Å²) in [7, 11) is 2.15. The van der Waals surface area contributed by atoms with Crippen molar-refractivity contribution in [2.75, 3.05) is 7.05 Å². The van der Waals surface area contributed by atoms with Gasteiger partial charge in [0.15, 0.2) is 0 Å². The maximum absolute atomic E-state index is 3.54. The van der Waals surface area contributed by atoms with Gasteiger partial charge in [-0.2, -0.15) is 0 Å². The van der Waals surface area contributed by atoms with E-state index in [1.807, 2.05) is 0 Å². The molecule has 0 radical (unpaired) electrons. The normalized spacial score (nSPS) is 43.9. The maximum atomic E-state index is 3.54. The van der Waals surface area contributed by atoms with Crippen molar-refractivity contribution in [3.8, 4) is 0 Å². The largest absolute Gasteiger partial charge is 0.317 e. The van der Waals surface area contributed by atoms with Gasteiger partial charge in [-0.05, 0) is 57.4 Å². The van der Waals surface area contributed by atoms with Crippen molar-refractivity contribution >= 4 is 0 Å². The van der Waals surface area contributed by atoms with E-state index < -0.39 is 0 Å². The van der Waals surface area contributed by atoms with Crippen molar-refractivity contribution in [2.24, 2.45) is 11.8 Å². The van der Waals surface area contributed by atoms with Crippen molar-refractivity contribution in [3.63, 3.8) is 0 Å². The van der Waals surface area contributed by atoms with E-state index in [0.29, 0.717) is 0 Å². The lowest BCUT2D eigenvalue weighted by Crippen LogP contribution is -2.55. The lowest BCUT2D eigenvalue weighted by Gasteiger charge is -2.49. The van der Waals surface area contributed by atoms with Crippen LogP contribution in [0, 0.1) is 11.8 Å². The fourth-order valence-electron chi connectivity index (χ4n) is 5.28. The Morgan fingerprint density at radius 2 is 1.58 bits per heavy atom. The van der Waals surface area contributed by atoms with Crippen LogP contribution in [0.25, 0.3) is 0 Å². The summed E-state index contributed by atoms with van der Waals surface area (Å²) in [5, 5.41) is 3.54. The molecule has 2 nitrogen and oxygen atoms in total. The Morgan fingerprint density at radius 1 is 0.947 bits per heavy atom. The summed E-state index contributed by atoms with van der Waals surface area (Å²) in [5.41, 5.74) is 0. The molecule has 2 heteroatoms. The van der Waals surface area contributed by atoms with Gasteiger partial charge in [0.25, 0.3) is 0 Å². The van der Waals surface area contributed by atoms with Gasteiger partial charge in [0, 0.05) is 24.2 Å². The van der Waals surface area contributed by atoms with Crippen LogP contribution in [0.4, 0.5) is 0 Å². The Labute approximate surface area is 119 Å². The summed E-state index contributed by atoms with van der Waals surface area (Å²) in [6.07, 6.45) is 11.6. The van der Waals surface area contributed by atoms with Gasteiger partial charge in [-0.1, -0.05) is 26.7 Å². The summed E-state index contributed by atoms with van der Waals surface area (Å²) in [6, 6.07) is 3.47. The van der Waals surface area contributed by atoms with E-state index in [1.165, 1.54) is 51.4 Å².